The molecule has 0 radical (unpaired) electrons. The van der Waals surface area contributed by atoms with Gasteiger partial charge in [-0.2, -0.15) is 12.6 Å². The van der Waals surface area contributed by atoms with E-state index in [0.29, 0.717) is 0 Å². The Labute approximate surface area is 74.6 Å². The predicted molar refractivity (Wildman–Crippen MR) is 51.1 cm³/mol. The Hall–Kier alpha value is 0.310. The highest BCUT2D eigenvalue weighted by Crippen LogP contribution is 2.40. The Morgan fingerprint density at radius 2 is 1.91 bits per heavy atom. The van der Waals surface area contributed by atoms with Gasteiger partial charge >= 0.3 is 0 Å². The van der Waals surface area contributed by atoms with Crippen LogP contribution in [0.15, 0.2) is 0 Å². The maximum absolute atomic E-state index is 4.32. The molecule has 0 N–H and O–H groups in total. The monoisotopic (exact) mass is 171 g/mol. The van der Waals surface area contributed by atoms with Crippen LogP contribution in [0.4, 0.5) is 0 Å². The molecule has 2 aliphatic rings. The lowest BCUT2D eigenvalue weighted by Crippen LogP contribution is -2.22. The number of thiol groups is 1. The van der Waals surface area contributed by atoms with Crippen molar-refractivity contribution >= 4 is 12.6 Å². The Morgan fingerprint density at radius 1 is 1.18 bits per heavy atom. The lowest BCUT2D eigenvalue weighted by Gasteiger charge is -2.13. The van der Waals surface area contributed by atoms with E-state index in [9.17, 15) is 0 Å². The van der Waals surface area contributed by atoms with Crippen LogP contribution in [0, 0.1) is 11.8 Å². The highest BCUT2D eigenvalue weighted by molar-refractivity contribution is 7.80. The lowest BCUT2D eigenvalue weighted by atomic mass is 10.3. The summed E-state index contributed by atoms with van der Waals surface area (Å²) >= 11 is 4.32. The molecule has 1 nitrogen and oxygen atoms in total. The predicted octanol–water partition coefficient (Wildman–Crippen LogP) is 1.65. The molecule has 2 atom stereocenters. The van der Waals surface area contributed by atoms with Crippen LogP contribution in [0.5, 0.6) is 0 Å². The van der Waals surface area contributed by atoms with Gasteiger partial charge in [0, 0.05) is 6.54 Å². The van der Waals surface area contributed by atoms with E-state index < -0.39 is 0 Å². The van der Waals surface area contributed by atoms with E-state index in [1.165, 1.54) is 38.9 Å². The number of hydrogen-bond acceptors (Lipinski definition) is 2. The first-order valence-corrected chi connectivity index (χ1v) is 5.36. The SMILES string of the molecule is SCC1CC1CN1CCCC1. The summed E-state index contributed by atoms with van der Waals surface area (Å²) in [5.74, 6) is 3.07. The van der Waals surface area contributed by atoms with Gasteiger partial charge < -0.3 is 4.90 Å². The fourth-order valence-electron chi connectivity index (χ4n) is 2.05. The molecule has 1 saturated carbocycles. The van der Waals surface area contributed by atoms with E-state index in [1.54, 1.807) is 0 Å². The van der Waals surface area contributed by atoms with Gasteiger partial charge in [0.1, 0.15) is 0 Å². The fraction of sp³-hybridized carbons (Fsp3) is 1.00. The second-order valence-electron chi connectivity index (χ2n) is 3.95. The highest BCUT2D eigenvalue weighted by atomic mass is 32.1. The van der Waals surface area contributed by atoms with E-state index in [1.807, 2.05) is 0 Å². The van der Waals surface area contributed by atoms with E-state index in [2.05, 4.69) is 17.5 Å². The fourth-order valence-corrected chi connectivity index (χ4v) is 2.50. The van der Waals surface area contributed by atoms with E-state index in [0.717, 1.165) is 17.6 Å². The molecule has 64 valence electrons. The topological polar surface area (TPSA) is 3.24 Å². The normalized spacial score (nSPS) is 37.9. The zero-order valence-electron chi connectivity index (χ0n) is 7.00. The molecule has 0 aromatic rings. The standard InChI is InChI=1S/C9H17NS/c11-7-9-5-8(9)6-10-3-1-2-4-10/h8-9,11H,1-7H2. The van der Waals surface area contributed by atoms with Gasteiger partial charge in [0.15, 0.2) is 0 Å². The van der Waals surface area contributed by atoms with Gasteiger partial charge in [0.05, 0.1) is 0 Å². The van der Waals surface area contributed by atoms with Crippen LogP contribution in [-0.4, -0.2) is 30.3 Å². The Balaban J connectivity index is 1.66. The second-order valence-corrected chi connectivity index (χ2v) is 4.31. The molecule has 0 aromatic carbocycles. The molecule has 2 fully saturated rings. The maximum atomic E-state index is 4.32. The molecular weight excluding hydrogens is 154 g/mol. The van der Waals surface area contributed by atoms with Gasteiger partial charge in [0.2, 0.25) is 0 Å². The quantitative estimate of drug-likeness (QED) is 0.632. The minimum atomic E-state index is 0.957. The summed E-state index contributed by atoms with van der Waals surface area (Å²) in [4.78, 5) is 2.62. The van der Waals surface area contributed by atoms with Crippen molar-refractivity contribution in [1.82, 2.24) is 4.90 Å². The first kappa shape index (κ1) is 7.93. The van der Waals surface area contributed by atoms with Crippen molar-refractivity contribution in [3.63, 3.8) is 0 Å². The molecule has 2 rings (SSSR count). The zero-order chi connectivity index (χ0) is 7.68. The summed E-state index contributed by atoms with van der Waals surface area (Å²) in [5, 5.41) is 0. The van der Waals surface area contributed by atoms with Gasteiger partial charge in [0.25, 0.3) is 0 Å². The molecule has 0 bridgehead atoms. The molecule has 0 spiro atoms. The molecule has 0 aromatic heterocycles. The van der Waals surface area contributed by atoms with Gasteiger partial charge in [-0.1, -0.05) is 0 Å². The average molecular weight is 171 g/mol. The van der Waals surface area contributed by atoms with E-state index >= 15 is 0 Å². The summed E-state index contributed by atoms with van der Waals surface area (Å²) < 4.78 is 0. The third kappa shape index (κ3) is 1.91. The third-order valence-electron chi connectivity index (χ3n) is 2.99. The van der Waals surface area contributed by atoms with E-state index in [4.69, 9.17) is 0 Å². The van der Waals surface area contributed by atoms with Crippen LogP contribution >= 0.6 is 12.6 Å². The van der Waals surface area contributed by atoms with Gasteiger partial charge in [-0.3, -0.25) is 0 Å². The smallest absolute Gasteiger partial charge is 0.00127 e. The Bertz CT molecular complexity index is 132. The molecular formula is C9H17NS. The second kappa shape index (κ2) is 3.36. The lowest BCUT2D eigenvalue weighted by molar-refractivity contribution is 0.319. The van der Waals surface area contributed by atoms with Crippen LogP contribution in [0.1, 0.15) is 19.3 Å². The van der Waals surface area contributed by atoms with Crippen molar-refractivity contribution in [2.45, 2.75) is 19.3 Å². The summed E-state index contributed by atoms with van der Waals surface area (Å²) in [5.41, 5.74) is 0. The summed E-state index contributed by atoms with van der Waals surface area (Å²) in [6, 6.07) is 0. The Kier molecular flexibility index (Phi) is 2.42. The van der Waals surface area contributed by atoms with Crippen LogP contribution < -0.4 is 0 Å². The highest BCUT2D eigenvalue weighted by Gasteiger charge is 2.36. The minimum Gasteiger partial charge on any atom is -0.303 e. The zero-order valence-corrected chi connectivity index (χ0v) is 7.89. The third-order valence-corrected chi connectivity index (χ3v) is 3.46. The van der Waals surface area contributed by atoms with Gasteiger partial charge in [-0.15, -0.1) is 0 Å². The number of nitrogens with zero attached hydrogens (tertiary/aromatic N) is 1. The van der Waals surface area contributed by atoms with Crippen molar-refractivity contribution in [2.75, 3.05) is 25.4 Å². The van der Waals surface area contributed by atoms with Crippen molar-refractivity contribution in [3.05, 3.63) is 0 Å². The molecule has 1 aliphatic heterocycles. The van der Waals surface area contributed by atoms with Gasteiger partial charge in [-0.05, 0) is 49.9 Å². The molecule has 1 saturated heterocycles. The number of rotatable bonds is 3. The van der Waals surface area contributed by atoms with Crippen LogP contribution in [0.25, 0.3) is 0 Å². The van der Waals surface area contributed by atoms with Crippen molar-refractivity contribution in [3.8, 4) is 0 Å². The first-order chi connectivity index (χ1) is 5.40. The molecule has 2 unspecified atom stereocenters. The van der Waals surface area contributed by atoms with Crippen molar-refractivity contribution in [1.29, 1.82) is 0 Å². The Morgan fingerprint density at radius 3 is 2.45 bits per heavy atom. The number of likely N-dealkylation sites (tertiary alicyclic amines) is 1. The maximum Gasteiger partial charge on any atom is 0.00127 e. The summed E-state index contributed by atoms with van der Waals surface area (Å²) in [7, 11) is 0. The van der Waals surface area contributed by atoms with Crippen LogP contribution in [0.2, 0.25) is 0 Å². The summed E-state index contributed by atoms with van der Waals surface area (Å²) in [6.45, 7) is 4.08. The molecule has 0 amide bonds. The molecule has 11 heavy (non-hydrogen) atoms. The van der Waals surface area contributed by atoms with Crippen molar-refractivity contribution < 1.29 is 0 Å². The number of hydrogen-bond donors (Lipinski definition) is 1. The van der Waals surface area contributed by atoms with Gasteiger partial charge in [-0.25, -0.2) is 0 Å². The molecule has 1 aliphatic carbocycles. The summed E-state index contributed by atoms with van der Waals surface area (Å²) in [6.07, 6.45) is 4.30. The van der Waals surface area contributed by atoms with Crippen LogP contribution in [-0.2, 0) is 0 Å². The van der Waals surface area contributed by atoms with Crippen LogP contribution in [0.3, 0.4) is 0 Å². The molecule has 1 heterocycles. The van der Waals surface area contributed by atoms with E-state index in [-0.39, 0.29) is 0 Å². The minimum absolute atomic E-state index is 0.957. The first-order valence-electron chi connectivity index (χ1n) is 4.73. The van der Waals surface area contributed by atoms with Crippen molar-refractivity contribution in [2.24, 2.45) is 11.8 Å². The largest absolute Gasteiger partial charge is 0.303 e. The average Bonchev–Trinajstić information content (AvgIpc) is 2.54. The molecule has 2 heteroatoms.